The van der Waals surface area contributed by atoms with Crippen LogP contribution in [0.2, 0.25) is 12.1 Å². The zero-order valence-electron chi connectivity index (χ0n) is 21.4. The molecule has 0 saturated heterocycles. The maximum Gasteiger partial charge on any atom is 0.338 e. The van der Waals surface area contributed by atoms with Crippen LogP contribution in [-0.4, -0.2) is 98.4 Å². The zero-order chi connectivity index (χ0) is 22.3. The molecule has 0 aliphatic rings. The Balaban J connectivity index is 5.63. The van der Waals surface area contributed by atoms with Crippen LogP contribution < -0.4 is 0 Å². The van der Waals surface area contributed by atoms with Crippen LogP contribution in [0.3, 0.4) is 0 Å². The van der Waals surface area contributed by atoms with Crippen molar-refractivity contribution >= 4 is 8.56 Å². The van der Waals surface area contributed by atoms with Crippen LogP contribution in [0.1, 0.15) is 59.3 Å². The van der Waals surface area contributed by atoms with Gasteiger partial charge in [-0.1, -0.05) is 6.92 Å². The molecule has 0 aromatic heterocycles. The summed E-state index contributed by atoms with van der Waals surface area (Å²) in [4.78, 5) is 6.96. The van der Waals surface area contributed by atoms with Crippen molar-refractivity contribution in [2.24, 2.45) is 5.41 Å². The maximum absolute atomic E-state index is 6.44. The number of nitrogens with zero attached hydrogens (tertiary/aromatic N) is 3. The predicted octanol–water partition coefficient (Wildman–Crippen LogP) is 4.53. The normalized spacial score (nSPS) is 13.2. The minimum atomic E-state index is -2.18. The van der Waals surface area contributed by atoms with Gasteiger partial charge in [0, 0.05) is 13.2 Å². The molecule has 0 saturated carbocycles. The van der Waals surface area contributed by atoms with Gasteiger partial charge in [0.25, 0.3) is 0 Å². The molecular formula is C23H53N3O2Si. The predicted molar refractivity (Wildman–Crippen MR) is 130 cm³/mol. The van der Waals surface area contributed by atoms with Gasteiger partial charge < -0.3 is 23.6 Å². The van der Waals surface area contributed by atoms with Crippen LogP contribution in [0.4, 0.5) is 0 Å². The molecule has 0 amide bonds. The van der Waals surface area contributed by atoms with Gasteiger partial charge in [0.2, 0.25) is 0 Å². The molecule has 6 heteroatoms. The Morgan fingerprint density at radius 3 is 1.21 bits per heavy atom. The monoisotopic (exact) mass is 431 g/mol. The van der Waals surface area contributed by atoms with E-state index in [1.54, 1.807) is 0 Å². The van der Waals surface area contributed by atoms with E-state index in [2.05, 4.69) is 77.8 Å². The van der Waals surface area contributed by atoms with Crippen LogP contribution in [-0.2, 0) is 8.85 Å². The summed E-state index contributed by atoms with van der Waals surface area (Å²) in [5.41, 5.74) is 0.328. The topological polar surface area (TPSA) is 28.2 Å². The lowest BCUT2D eigenvalue weighted by atomic mass is 9.76. The fraction of sp³-hybridized carbons (Fsp3) is 1.00. The van der Waals surface area contributed by atoms with E-state index in [0.29, 0.717) is 5.41 Å². The molecule has 0 bridgehead atoms. The Hall–Kier alpha value is 0.0169. The summed E-state index contributed by atoms with van der Waals surface area (Å²) in [6, 6.07) is 2.19. The van der Waals surface area contributed by atoms with Gasteiger partial charge in [-0.05, 0) is 132 Å². The van der Waals surface area contributed by atoms with Crippen LogP contribution in [0.15, 0.2) is 0 Å². The standard InChI is InChI=1S/C23H53N3O2Si/c1-10-27-29(12-3,28-11-2)22-23(16-13-19-24(4)5,17-14-20-25(6)7)18-15-21-26(8)9/h10-22H2,1-9H3. The van der Waals surface area contributed by atoms with Crippen LogP contribution >= 0.6 is 0 Å². The average Bonchev–Trinajstić information content (AvgIpc) is 2.61. The minimum absolute atomic E-state index is 0.328. The smallest absolute Gasteiger partial charge is 0.338 e. The molecule has 29 heavy (non-hydrogen) atoms. The molecule has 0 heterocycles. The highest BCUT2D eigenvalue weighted by molar-refractivity contribution is 6.67. The van der Waals surface area contributed by atoms with Crippen molar-refractivity contribution < 1.29 is 8.85 Å². The van der Waals surface area contributed by atoms with E-state index >= 15 is 0 Å². The molecule has 176 valence electrons. The third-order valence-electron chi connectivity index (χ3n) is 5.94. The minimum Gasteiger partial charge on any atom is -0.394 e. The summed E-state index contributed by atoms with van der Waals surface area (Å²) < 4.78 is 12.9. The van der Waals surface area contributed by atoms with Crippen molar-refractivity contribution in [3.8, 4) is 0 Å². The van der Waals surface area contributed by atoms with Gasteiger partial charge in [-0.2, -0.15) is 0 Å². The van der Waals surface area contributed by atoms with Crippen LogP contribution in [0.25, 0.3) is 0 Å². The van der Waals surface area contributed by atoms with Crippen molar-refractivity contribution in [2.45, 2.75) is 71.4 Å². The Morgan fingerprint density at radius 1 is 0.621 bits per heavy atom. The quantitative estimate of drug-likeness (QED) is 0.280. The lowest BCUT2D eigenvalue weighted by molar-refractivity contribution is 0.139. The molecule has 0 fully saturated rings. The van der Waals surface area contributed by atoms with Crippen molar-refractivity contribution in [1.82, 2.24) is 14.7 Å². The Bertz CT molecular complexity index is 350. The fourth-order valence-corrected chi connectivity index (χ4v) is 8.19. The highest BCUT2D eigenvalue weighted by atomic mass is 28.4. The summed E-state index contributed by atoms with van der Waals surface area (Å²) in [7, 11) is 10.9. The summed E-state index contributed by atoms with van der Waals surface area (Å²) in [5, 5.41) is 0. The first-order valence-corrected chi connectivity index (χ1v) is 14.1. The van der Waals surface area contributed by atoms with E-state index < -0.39 is 8.56 Å². The van der Waals surface area contributed by atoms with Crippen molar-refractivity contribution in [3.63, 3.8) is 0 Å². The van der Waals surface area contributed by atoms with Crippen LogP contribution in [0.5, 0.6) is 0 Å². The first-order chi connectivity index (χ1) is 13.6. The molecule has 5 nitrogen and oxygen atoms in total. The first kappa shape index (κ1) is 29.0. The van der Waals surface area contributed by atoms with E-state index in [9.17, 15) is 0 Å². The second-order valence-corrected chi connectivity index (χ2v) is 13.0. The summed E-state index contributed by atoms with van der Waals surface area (Å²) in [6.07, 6.45) is 7.60. The van der Waals surface area contributed by atoms with E-state index in [1.165, 1.54) is 38.5 Å². The molecule has 0 aliphatic heterocycles. The van der Waals surface area contributed by atoms with Gasteiger partial charge in [-0.25, -0.2) is 0 Å². The molecule has 0 aromatic rings. The molecule has 0 radical (unpaired) electrons. The Labute approximate surface area is 184 Å². The van der Waals surface area contributed by atoms with Gasteiger partial charge in [0.05, 0.1) is 0 Å². The van der Waals surface area contributed by atoms with E-state index in [4.69, 9.17) is 8.85 Å². The number of hydrogen-bond donors (Lipinski definition) is 0. The molecule has 0 unspecified atom stereocenters. The van der Waals surface area contributed by atoms with Crippen LogP contribution in [0, 0.1) is 5.41 Å². The van der Waals surface area contributed by atoms with Crippen molar-refractivity contribution in [2.75, 3.05) is 75.1 Å². The maximum atomic E-state index is 6.44. The first-order valence-electron chi connectivity index (χ1n) is 11.9. The number of hydrogen-bond acceptors (Lipinski definition) is 5. The highest BCUT2D eigenvalue weighted by Gasteiger charge is 2.44. The molecule has 0 atom stereocenters. The van der Waals surface area contributed by atoms with Crippen molar-refractivity contribution in [3.05, 3.63) is 0 Å². The average molecular weight is 432 g/mol. The third-order valence-corrected chi connectivity index (χ3v) is 9.93. The molecule has 0 rings (SSSR count). The van der Waals surface area contributed by atoms with Gasteiger partial charge in [0.1, 0.15) is 0 Å². The van der Waals surface area contributed by atoms with Gasteiger partial charge in [-0.15, -0.1) is 0 Å². The lowest BCUT2D eigenvalue weighted by Gasteiger charge is -2.42. The van der Waals surface area contributed by atoms with E-state index in [0.717, 1.165) is 44.9 Å². The SMILES string of the molecule is CCO[Si](CC)(CC(CCCN(C)C)(CCCN(C)C)CCCN(C)C)OCC. The van der Waals surface area contributed by atoms with Gasteiger partial charge in [-0.3, -0.25) is 0 Å². The third kappa shape index (κ3) is 13.1. The van der Waals surface area contributed by atoms with Crippen molar-refractivity contribution in [1.29, 1.82) is 0 Å². The second kappa shape index (κ2) is 15.8. The van der Waals surface area contributed by atoms with Gasteiger partial charge in [0.15, 0.2) is 0 Å². The summed E-state index contributed by atoms with van der Waals surface area (Å²) >= 11 is 0. The largest absolute Gasteiger partial charge is 0.394 e. The summed E-state index contributed by atoms with van der Waals surface area (Å²) in [6.45, 7) is 11.5. The second-order valence-electron chi connectivity index (χ2n) is 9.53. The van der Waals surface area contributed by atoms with E-state index in [1.807, 2.05) is 0 Å². The number of rotatable bonds is 19. The molecular weight excluding hydrogens is 378 g/mol. The molecule has 0 aromatic carbocycles. The molecule has 0 spiro atoms. The Morgan fingerprint density at radius 2 is 0.966 bits per heavy atom. The summed E-state index contributed by atoms with van der Waals surface area (Å²) in [5.74, 6) is 0. The molecule has 0 N–H and O–H groups in total. The molecule has 0 aliphatic carbocycles. The lowest BCUT2D eigenvalue weighted by Crippen LogP contribution is -2.47. The van der Waals surface area contributed by atoms with E-state index in [-0.39, 0.29) is 0 Å². The zero-order valence-corrected chi connectivity index (χ0v) is 22.4. The highest BCUT2D eigenvalue weighted by Crippen LogP contribution is 2.44. The Kier molecular flexibility index (Phi) is 15.8. The van der Waals surface area contributed by atoms with Gasteiger partial charge >= 0.3 is 8.56 Å². The fourth-order valence-electron chi connectivity index (χ4n) is 4.52.